The molecule has 108 valence electrons. The van der Waals surface area contributed by atoms with E-state index in [4.69, 9.17) is 10.5 Å². The van der Waals surface area contributed by atoms with Crippen molar-refractivity contribution in [3.8, 4) is 16.5 Å². The number of H-pyrrole nitrogens is 1. The summed E-state index contributed by atoms with van der Waals surface area (Å²) in [7, 11) is 1.66. The molecule has 2 atom stereocenters. The molecule has 0 radical (unpaired) electrons. The van der Waals surface area contributed by atoms with E-state index in [0.717, 1.165) is 41.8 Å². The van der Waals surface area contributed by atoms with Crippen LogP contribution < -0.4 is 15.4 Å². The van der Waals surface area contributed by atoms with Gasteiger partial charge in [-0.1, -0.05) is 0 Å². The lowest BCUT2D eigenvalue weighted by atomic mass is 9.99. The summed E-state index contributed by atoms with van der Waals surface area (Å²) in [5, 5.41) is 9.30. The quantitative estimate of drug-likeness (QED) is 0.903. The van der Waals surface area contributed by atoms with Crippen LogP contribution in [0.2, 0.25) is 0 Å². The fourth-order valence-corrected chi connectivity index (χ4v) is 3.29. The van der Waals surface area contributed by atoms with Crippen molar-refractivity contribution in [1.29, 1.82) is 0 Å². The summed E-state index contributed by atoms with van der Waals surface area (Å²) in [4.78, 5) is 7.80. The monoisotopic (exact) mass is 293 g/mol. The predicted octanol–water partition coefficient (Wildman–Crippen LogP) is 1.86. The molecular weight excluding hydrogens is 274 g/mol. The zero-order valence-electron chi connectivity index (χ0n) is 11.7. The highest BCUT2D eigenvalue weighted by Crippen LogP contribution is 2.30. The van der Waals surface area contributed by atoms with Crippen LogP contribution in [0.5, 0.6) is 5.75 Å². The van der Waals surface area contributed by atoms with Crippen LogP contribution in [-0.4, -0.2) is 40.9 Å². The first kappa shape index (κ1) is 13.4. The highest BCUT2D eigenvalue weighted by molar-refractivity contribution is 7.13. The Bertz CT molecular complexity index is 581. The molecule has 2 aromatic heterocycles. The zero-order valence-corrected chi connectivity index (χ0v) is 12.5. The molecule has 0 aromatic carbocycles. The van der Waals surface area contributed by atoms with E-state index in [9.17, 15) is 0 Å². The van der Waals surface area contributed by atoms with Crippen LogP contribution in [0, 0.1) is 0 Å². The number of rotatable bonds is 3. The Labute approximate surface area is 122 Å². The zero-order chi connectivity index (χ0) is 14.1. The largest absolute Gasteiger partial charge is 0.496 e. The van der Waals surface area contributed by atoms with Crippen LogP contribution in [0.25, 0.3) is 10.7 Å². The Morgan fingerprint density at radius 1 is 1.55 bits per heavy atom. The molecule has 20 heavy (non-hydrogen) atoms. The van der Waals surface area contributed by atoms with E-state index in [0.29, 0.717) is 0 Å². The molecule has 7 heteroatoms. The Kier molecular flexibility index (Phi) is 3.62. The summed E-state index contributed by atoms with van der Waals surface area (Å²) >= 11 is 1.59. The molecule has 3 N–H and O–H groups in total. The maximum absolute atomic E-state index is 6.12. The second-order valence-corrected chi connectivity index (χ2v) is 5.99. The predicted molar refractivity (Wildman–Crippen MR) is 80.3 cm³/mol. The number of hydrogen-bond acceptors (Lipinski definition) is 6. The third-order valence-electron chi connectivity index (χ3n) is 3.82. The number of aromatic amines is 1. The molecule has 1 saturated heterocycles. The van der Waals surface area contributed by atoms with Crippen molar-refractivity contribution in [3.05, 3.63) is 11.4 Å². The first-order valence-corrected chi connectivity index (χ1v) is 7.64. The molecule has 1 aliphatic heterocycles. The number of nitrogens with two attached hydrogens (primary N) is 1. The molecule has 0 bridgehead atoms. The van der Waals surface area contributed by atoms with Gasteiger partial charge in [0, 0.05) is 30.1 Å². The topological polar surface area (TPSA) is 80.1 Å². The van der Waals surface area contributed by atoms with Gasteiger partial charge in [0.2, 0.25) is 5.95 Å². The van der Waals surface area contributed by atoms with Gasteiger partial charge < -0.3 is 15.4 Å². The van der Waals surface area contributed by atoms with E-state index in [1.165, 1.54) is 0 Å². The molecule has 1 aliphatic rings. The lowest BCUT2D eigenvalue weighted by Gasteiger charge is -2.36. The minimum absolute atomic E-state index is 0.188. The molecule has 2 unspecified atom stereocenters. The van der Waals surface area contributed by atoms with E-state index < -0.39 is 0 Å². The van der Waals surface area contributed by atoms with Crippen LogP contribution in [0.4, 0.5) is 5.95 Å². The third kappa shape index (κ3) is 2.38. The van der Waals surface area contributed by atoms with Gasteiger partial charge in [-0.15, -0.1) is 16.4 Å². The number of hydrogen-bond donors (Lipinski definition) is 2. The van der Waals surface area contributed by atoms with Crippen molar-refractivity contribution in [2.45, 2.75) is 31.8 Å². The smallest absolute Gasteiger partial charge is 0.245 e. The van der Waals surface area contributed by atoms with Crippen molar-refractivity contribution in [3.63, 3.8) is 0 Å². The molecule has 0 spiro atoms. The standard InChI is InChI=1S/C13H19N5OS/c1-8-10(14)4-3-5-18(8)13-15-12(16-17-13)11-6-9(19-2)7-20-11/h6-8,10H,3-5,14H2,1-2H3,(H,15,16,17). The first-order valence-electron chi connectivity index (χ1n) is 6.76. The van der Waals surface area contributed by atoms with Gasteiger partial charge in [-0.05, 0) is 19.8 Å². The lowest BCUT2D eigenvalue weighted by Crippen LogP contribution is -2.50. The SMILES string of the molecule is COc1csc(-c2nc(N3CCCC(N)C3C)n[nH]2)c1. The first-order chi connectivity index (χ1) is 9.69. The van der Waals surface area contributed by atoms with Gasteiger partial charge >= 0.3 is 0 Å². The number of aromatic nitrogens is 3. The minimum atomic E-state index is 0.188. The van der Waals surface area contributed by atoms with Crippen LogP contribution in [0.3, 0.4) is 0 Å². The van der Waals surface area contributed by atoms with E-state index >= 15 is 0 Å². The Morgan fingerprint density at radius 2 is 2.40 bits per heavy atom. The van der Waals surface area contributed by atoms with Crippen molar-refractivity contribution in [2.75, 3.05) is 18.6 Å². The molecule has 3 rings (SSSR count). The van der Waals surface area contributed by atoms with Gasteiger partial charge in [-0.3, -0.25) is 5.10 Å². The Hall–Kier alpha value is -1.60. The summed E-state index contributed by atoms with van der Waals surface area (Å²) in [5.74, 6) is 2.35. The second-order valence-electron chi connectivity index (χ2n) is 5.07. The van der Waals surface area contributed by atoms with Crippen molar-refractivity contribution < 1.29 is 4.74 Å². The van der Waals surface area contributed by atoms with E-state index in [-0.39, 0.29) is 12.1 Å². The van der Waals surface area contributed by atoms with Gasteiger partial charge in [0.1, 0.15) is 5.75 Å². The number of piperidine rings is 1. The van der Waals surface area contributed by atoms with Crippen molar-refractivity contribution in [2.24, 2.45) is 5.73 Å². The molecule has 1 fully saturated rings. The molecule has 0 saturated carbocycles. The van der Waals surface area contributed by atoms with Gasteiger partial charge in [0.15, 0.2) is 5.82 Å². The average Bonchev–Trinajstić information content (AvgIpc) is 3.09. The maximum Gasteiger partial charge on any atom is 0.245 e. The number of nitrogens with zero attached hydrogens (tertiary/aromatic N) is 3. The molecule has 6 nitrogen and oxygen atoms in total. The van der Waals surface area contributed by atoms with Crippen LogP contribution in [0.1, 0.15) is 19.8 Å². The van der Waals surface area contributed by atoms with Gasteiger partial charge in [0.25, 0.3) is 0 Å². The lowest BCUT2D eigenvalue weighted by molar-refractivity contribution is 0.416. The van der Waals surface area contributed by atoms with Gasteiger partial charge in [-0.2, -0.15) is 4.98 Å². The number of thiophene rings is 1. The van der Waals surface area contributed by atoms with Crippen LogP contribution in [-0.2, 0) is 0 Å². The summed E-state index contributed by atoms with van der Waals surface area (Å²) in [6.07, 6.45) is 2.15. The van der Waals surface area contributed by atoms with Gasteiger partial charge in [0.05, 0.1) is 12.0 Å². The van der Waals surface area contributed by atoms with Crippen LogP contribution >= 0.6 is 11.3 Å². The number of anilines is 1. The summed E-state index contributed by atoms with van der Waals surface area (Å²) in [6.45, 7) is 3.09. The second kappa shape index (κ2) is 5.41. The molecule has 3 heterocycles. The van der Waals surface area contributed by atoms with Crippen molar-refractivity contribution >= 4 is 17.3 Å². The number of methoxy groups -OCH3 is 1. The fourth-order valence-electron chi connectivity index (χ4n) is 2.50. The minimum Gasteiger partial charge on any atom is -0.496 e. The molecule has 0 amide bonds. The molecule has 2 aromatic rings. The van der Waals surface area contributed by atoms with Gasteiger partial charge in [-0.25, -0.2) is 0 Å². The fraction of sp³-hybridized carbons (Fsp3) is 0.538. The normalized spacial score (nSPS) is 23.1. The van der Waals surface area contributed by atoms with E-state index in [1.807, 2.05) is 11.4 Å². The maximum atomic E-state index is 6.12. The van der Waals surface area contributed by atoms with E-state index in [1.54, 1.807) is 18.4 Å². The molecule has 0 aliphatic carbocycles. The Balaban J connectivity index is 1.82. The Morgan fingerprint density at radius 3 is 3.15 bits per heavy atom. The summed E-state index contributed by atoms with van der Waals surface area (Å²) < 4.78 is 5.19. The highest BCUT2D eigenvalue weighted by atomic mass is 32.1. The summed E-state index contributed by atoms with van der Waals surface area (Å²) in [6, 6.07) is 2.41. The third-order valence-corrected chi connectivity index (χ3v) is 4.74. The average molecular weight is 293 g/mol. The van der Waals surface area contributed by atoms with E-state index in [2.05, 4.69) is 27.0 Å². The highest BCUT2D eigenvalue weighted by Gasteiger charge is 2.27. The van der Waals surface area contributed by atoms with Crippen molar-refractivity contribution in [1.82, 2.24) is 15.2 Å². The van der Waals surface area contributed by atoms with Crippen LogP contribution in [0.15, 0.2) is 11.4 Å². The summed E-state index contributed by atoms with van der Waals surface area (Å²) in [5.41, 5.74) is 6.12. The molecular formula is C13H19N5OS. The number of nitrogens with one attached hydrogen (secondary N) is 1. The number of ether oxygens (including phenoxy) is 1.